The summed E-state index contributed by atoms with van der Waals surface area (Å²) in [4.78, 5) is 6.60. The fraction of sp³-hybridized carbons (Fsp3) is 0.250. The second kappa shape index (κ2) is 3.69. The van der Waals surface area contributed by atoms with E-state index in [0.717, 1.165) is 31.1 Å². The SMILES string of the molecule is Nc1ccc(N2CCn3ccnc3C2)cc1N. The fourth-order valence-electron chi connectivity index (χ4n) is 2.15. The van der Waals surface area contributed by atoms with E-state index in [1.165, 1.54) is 0 Å². The molecule has 4 N–H and O–H groups in total. The molecule has 5 heteroatoms. The van der Waals surface area contributed by atoms with Crippen LogP contribution in [-0.4, -0.2) is 16.1 Å². The van der Waals surface area contributed by atoms with Crippen LogP contribution < -0.4 is 16.4 Å². The number of anilines is 3. The highest BCUT2D eigenvalue weighted by atomic mass is 15.2. The lowest BCUT2D eigenvalue weighted by Gasteiger charge is -2.29. The Morgan fingerprint density at radius 2 is 2.00 bits per heavy atom. The third-order valence-corrected chi connectivity index (χ3v) is 3.18. The molecule has 0 fully saturated rings. The van der Waals surface area contributed by atoms with Crippen LogP contribution in [0.4, 0.5) is 17.1 Å². The Morgan fingerprint density at radius 1 is 1.12 bits per heavy atom. The van der Waals surface area contributed by atoms with Crippen LogP contribution in [0, 0.1) is 0 Å². The summed E-state index contributed by atoms with van der Waals surface area (Å²) in [5.41, 5.74) is 13.9. The van der Waals surface area contributed by atoms with E-state index in [2.05, 4.69) is 14.5 Å². The molecule has 88 valence electrons. The van der Waals surface area contributed by atoms with Crippen LogP contribution in [0.2, 0.25) is 0 Å². The molecule has 0 radical (unpaired) electrons. The molecule has 2 aromatic rings. The van der Waals surface area contributed by atoms with Crippen LogP contribution in [-0.2, 0) is 13.1 Å². The molecule has 1 aromatic carbocycles. The Bertz CT molecular complexity index is 546. The average Bonchev–Trinajstić information content (AvgIpc) is 2.79. The number of rotatable bonds is 1. The van der Waals surface area contributed by atoms with Crippen molar-refractivity contribution >= 4 is 17.1 Å². The molecule has 0 unspecified atom stereocenters. The minimum atomic E-state index is 0.632. The minimum Gasteiger partial charge on any atom is -0.397 e. The van der Waals surface area contributed by atoms with Crippen molar-refractivity contribution in [2.45, 2.75) is 13.1 Å². The first-order chi connectivity index (χ1) is 8.24. The van der Waals surface area contributed by atoms with E-state index >= 15 is 0 Å². The molecule has 0 bridgehead atoms. The number of hydrogen-bond donors (Lipinski definition) is 2. The number of fused-ring (bicyclic) bond motifs is 1. The summed E-state index contributed by atoms with van der Waals surface area (Å²) in [5.74, 6) is 1.09. The van der Waals surface area contributed by atoms with Crippen LogP contribution in [0.15, 0.2) is 30.6 Å². The predicted molar refractivity (Wildman–Crippen MR) is 68.5 cm³/mol. The molecule has 0 atom stereocenters. The van der Waals surface area contributed by atoms with Gasteiger partial charge >= 0.3 is 0 Å². The Balaban J connectivity index is 1.89. The predicted octanol–water partition coefficient (Wildman–Crippen LogP) is 1.07. The van der Waals surface area contributed by atoms with Gasteiger partial charge in [0.15, 0.2) is 0 Å². The standard InChI is InChI=1S/C12H15N5/c13-10-2-1-9(7-11(10)14)17-6-5-16-4-3-15-12(16)8-17/h1-4,7H,5-6,8,13-14H2. The van der Waals surface area contributed by atoms with Crippen molar-refractivity contribution in [3.8, 4) is 0 Å². The van der Waals surface area contributed by atoms with Crippen LogP contribution in [0.25, 0.3) is 0 Å². The first kappa shape index (κ1) is 10.0. The number of benzene rings is 1. The van der Waals surface area contributed by atoms with E-state index in [-0.39, 0.29) is 0 Å². The number of hydrogen-bond acceptors (Lipinski definition) is 4. The first-order valence-electron chi connectivity index (χ1n) is 5.64. The van der Waals surface area contributed by atoms with Gasteiger partial charge in [0.05, 0.1) is 17.9 Å². The van der Waals surface area contributed by atoms with Crippen molar-refractivity contribution < 1.29 is 0 Å². The fourth-order valence-corrected chi connectivity index (χ4v) is 2.15. The molecule has 2 heterocycles. The van der Waals surface area contributed by atoms with Gasteiger partial charge in [0.1, 0.15) is 5.82 Å². The van der Waals surface area contributed by atoms with Crippen molar-refractivity contribution in [3.05, 3.63) is 36.4 Å². The van der Waals surface area contributed by atoms with Crippen molar-refractivity contribution in [1.29, 1.82) is 0 Å². The molecule has 5 nitrogen and oxygen atoms in total. The highest BCUT2D eigenvalue weighted by molar-refractivity contribution is 5.69. The van der Waals surface area contributed by atoms with Gasteiger partial charge in [0.2, 0.25) is 0 Å². The average molecular weight is 229 g/mol. The molecule has 0 aliphatic carbocycles. The Morgan fingerprint density at radius 3 is 2.82 bits per heavy atom. The van der Waals surface area contributed by atoms with Gasteiger partial charge in [-0.05, 0) is 18.2 Å². The molecule has 0 amide bonds. The highest BCUT2D eigenvalue weighted by Gasteiger charge is 2.17. The molecular weight excluding hydrogens is 214 g/mol. The van der Waals surface area contributed by atoms with E-state index in [4.69, 9.17) is 11.5 Å². The number of aromatic nitrogens is 2. The summed E-state index contributed by atoms with van der Waals surface area (Å²) in [6.07, 6.45) is 3.86. The Hall–Kier alpha value is -2.17. The molecular formula is C12H15N5. The topological polar surface area (TPSA) is 73.1 Å². The molecule has 0 saturated heterocycles. The summed E-state index contributed by atoms with van der Waals surface area (Å²) in [6.45, 7) is 2.74. The quantitative estimate of drug-likeness (QED) is 0.717. The second-order valence-electron chi connectivity index (χ2n) is 4.27. The Kier molecular flexibility index (Phi) is 2.18. The van der Waals surface area contributed by atoms with Crippen molar-refractivity contribution in [2.24, 2.45) is 0 Å². The molecule has 17 heavy (non-hydrogen) atoms. The van der Waals surface area contributed by atoms with Crippen molar-refractivity contribution in [2.75, 3.05) is 22.9 Å². The van der Waals surface area contributed by atoms with Gasteiger partial charge in [0, 0.05) is 31.2 Å². The monoisotopic (exact) mass is 229 g/mol. The van der Waals surface area contributed by atoms with Gasteiger partial charge in [-0.2, -0.15) is 0 Å². The van der Waals surface area contributed by atoms with Gasteiger partial charge in [-0.15, -0.1) is 0 Å². The molecule has 0 spiro atoms. The molecule has 1 aliphatic rings. The lowest BCUT2D eigenvalue weighted by molar-refractivity contribution is 0.560. The maximum absolute atomic E-state index is 5.83. The van der Waals surface area contributed by atoms with E-state index in [1.54, 1.807) is 0 Å². The zero-order chi connectivity index (χ0) is 11.8. The third-order valence-electron chi connectivity index (χ3n) is 3.18. The molecule has 3 rings (SSSR count). The van der Waals surface area contributed by atoms with E-state index in [9.17, 15) is 0 Å². The lowest BCUT2D eigenvalue weighted by Crippen LogP contribution is -2.33. The van der Waals surface area contributed by atoms with Gasteiger partial charge in [-0.25, -0.2) is 4.98 Å². The summed E-state index contributed by atoms with van der Waals surface area (Å²) in [7, 11) is 0. The smallest absolute Gasteiger partial charge is 0.128 e. The first-order valence-corrected chi connectivity index (χ1v) is 5.64. The number of nitrogen functional groups attached to an aromatic ring is 2. The number of nitrogens with two attached hydrogens (primary N) is 2. The largest absolute Gasteiger partial charge is 0.397 e. The van der Waals surface area contributed by atoms with E-state index < -0.39 is 0 Å². The van der Waals surface area contributed by atoms with Gasteiger partial charge in [0.25, 0.3) is 0 Å². The maximum atomic E-state index is 5.83. The van der Waals surface area contributed by atoms with Gasteiger partial charge in [-0.1, -0.05) is 0 Å². The van der Waals surface area contributed by atoms with Crippen LogP contribution in [0.5, 0.6) is 0 Å². The van der Waals surface area contributed by atoms with Crippen molar-refractivity contribution in [3.63, 3.8) is 0 Å². The number of nitrogens with zero attached hydrogens (tertiary/aromatic N) is 3. The molecule has 0 saturated carbocycles. The normalized spacial score (nSPS) is 14.7. The van der Waals surface area contributed by atoms with Gasteiger partial charge in [-0.3, -0.25) is 0 Å². The minimum absolute atomic E-state index is 0.632. The van der Waals surface area contributed by atoms with Gasteiger partial charge < -0.3 is 20.9 Å². The third kappa shape index (κ3) is 1.69. The summed E-state index contributed by atoms with van der Waals surface area (Å²) in [6, 6.07) is 5.78. The van der Waals surface area contributed by atoms with Crippen LogP contribution in [0.1, 0.15) is 5.82 Å². The molecule has 1 aromatic heterocycles. The maximum Gasteiger partial charge on any atom is 0.128 e. The second-order valence-corrected chi connectivity index (χ2v) is 4.27. The van der Waals surface area contributed by atoms with Crippen LogP contribution >= 0.6 is 0 Å². The summed E-state index contributed by atoms with van der Waals surface area (Å²) >= 11 is 0. The van der Waals surface area contributed by atoms with E-state index in [1.807, 2.05) is 30.6 Å². The summed E-state index contributed by atoms with van der Waals surface area (Å²) < 4.78 is 2.18. The zero-order valence-corrected chi connectivity index (χ0v) is 9.50. The summed E-state index contributed by atoms with van der Waals surface area (Å²) in [5, 5.41) is 0. The zero-order valence-electron chi connectivity index (χ0n) is 9.50. The highest BCUT2D eigenvalue weighted by Crippen LogP contribution is 2.25. The van der Waals surface area contributed by atoms with E-state index in [0.29, 0.717) is 11.4 Å². The number of imidazole rings is 1. The van der Waals surface area contributed by atoms with Crippen molar-refractivity contribution in [1.82, 2.24) is 9.55 Å². The Labute approximate surface area is 99.7 Å². The van der Waals surface area contributed by atoms with Crippen LogP contribution in [0.3, 0.4) is 0 Å². The lowest BCUT2D eigenvalue weighted by atomic mass is 10.2. The molecule has 1 aliphatic heterocycles.